The van der Waals surface area contributed by atoms with Crippen LogP contribution in [0.1, 0.15) is 56.3 Å². The summed E-state index contributed by atoms with van der Waals surface area (Å²) in [4.78, 5) is 33.5. The van der Waals surface area contributed by atoms with Gasteiger partial charge in [0.15, 0.2) is 0 Å². The lowest BCUT2D eigenvalue weighted by atomic mass is 9.90. The van der Waals surface area contributed by atoms with E-state index in [0.29, 0.717) is 10.7 Å². The lowest BCUT2D eigenvalue weighted by Crippen LogP contribution is -2.53. The topological polar surface area (TPSA) is 77.2 Å². The number of aromatic nitrogens is 1. The third-order valence-electron chi connectivity index (χ3n) is 6.51. The first-order chi connectivity index (χ1) is 15.5. The first-order valence-corrected chi connectivity index (χ1v) is 12.4. The normalized spacial score (nSPS) is 20.7. The second-order valence-corrected chi connectivity index (χ2v) is 10.5. The Hall–Kier alpha value is -2.06. The third-order valence-corrected chi connectivity index (χ3v) is 7.98. The Balaban J connectivity index is 0.00000259. The van der Waals surface area contributed by atoms with Crippen LogP contribution in [0.3, 0.4) is 0 Å². The monoisotopic (exact) mass is 506 g/mol. The molecule has 1 aliphatic carbocycles. The van der Waals surface area contributed by atoms with E-state index in [2.05, 4.69) is 27.6 Å². The summed E-state index contributed by atoms with van der Waals surface area (Å²) in [6.07, 6.45) is 4.82. The lowest BCUT2D eigenvalue weighted by Gasteiger charge is -2.32. The highest BCUT2D eigenvalue weighted by Gasteiger charge is 2.30. The number of hydrogen-bond donors (Lipinski definition) is 3. The van der Waals surface area contributed by atoms with Crippen LogP contribution in [0.25, 0.3) is 10.9 Å². The summed E-state index contributed by atoms with van der Waals surface area (Å²) in [5.74, 6) is -0.184. The van der Waals surface area contributed by atoms with Gasteiger partial charge in [0.2, 0.25) is 0 Å². The predicted molar refractivity (Wildman–Crippen MR) is 136 cm³/mol. The lowest BCUT2D eigenvalue weighted by molar-refractivity contribution is 0.0862. The van der Waals surface area contributed by atoms with Gasteiger partial charge in [-0.1, -0.05) is 24.4 Å². The molecule has 1 saturated carbocycles. The number of amides is 2. The van der Waals surface area contributed by atoms with E-state index in [9.17, 15) is 9.59 Å². The molecule has 3 N–H and O–H groups in total. The van der Waals surface area contributed by atoms with Crippen molar-refractivity contribution in [1.29, 1.82) is 0 Å². The zero-order valence-electron chi connectivity index (χ0n) is 18.4. The minimum atomic E-state index is -0.155. The zero-order chi connectivity index (χ0) is 22.2. The molecule has 2 aromatic heterocycles. The number of aromatic amines is 1. The Labute approximate surface area is 208 Å². The highest BCUT2D eigenvalue weighted by molar-refractivity contribution is 7.14. The predicted octanol–water partition coefficient (Wildman–Crippen LogP) is 4.76. The summed E-state index contributed by atoms with van der Waals surface area (Å²) in [6.45, 7) is 1.93. The summed E-state index contributed by atoms with van der Waals surface area (Å²) in [5, 5.41) is 7.91. The van der Waals surface area contributed by atoms with Crippen molar-refractivity contribution in [2.75, 3.05) is 13.6 Å². The van der Waals surface area contributed by atoms with Gasteiger partial charge in [0.05, 0.1) is 4.88 Å². The van der Waals surface area contributed by atoms with Crippen molar-refractivity contribution in [3.8, 4) is 0 Å². The van der Waals surface area contributed by atoms with Crippen LogP contribution in [0.2, 0.25) is 5.02 Å². The number of fused-ring (bicyclic) bond motifs is 2. The number of thiophene rings is 1. The maximum Gasteiger partial charge on any atom is 0.268 e. The molecule has 0 unspecified atom stereocenters. The minimum Gasteiger partial charge on any atom is -0.351 e. The molecule has 2 atom stereocenters. The fraction of sp³-hybridized carbons (Fsp3) is 0.417. The maximum atomic E-state index is 13.0. The molecular formula is C24H28Cl2N4O2S. The molecule has 1 aromatic carbocycles. The fourth-order valence-corrected chi connectivity index (χ4v) is 6.02. The van der Waals surface area contributed by atoms with Crippen molar-refractivity contribution in [2.24, 2.45) is 0 Å². The van der Waals surface area contributed by atoms with Crippen molar-refractivity contribution < 1.29 is 9.59 Å². The second kappa shape index (κ2) is 10.1. The Bertz CT molecular complexity index is 1170. The van der Waals surface area contributed by atoms with E-state index < -0.39 is 0 Å². The standard InChI is InChI=1S/C24H27ClN4O2S.ClH/c1-29-9-8-21-15(13-29)12-22(32-21)24(31)28-19-5-3-2-4-18(19)27-23(30)20-11-14-10-16(25)6-7-17(14)26-20;/h6-7,10-12,18-19,26H,2-5,8-9,13H2,1H3,(H,27,30)(H,28,31);1H/t18-,19+;/m1./s1. The van der Waals surface area contributed by atoms with Crippen molar-refractivity contribution in [3.05, 3.63) is 56.4 Å². The van der Waals surface area contributed by atoms with Gasteiger partial charge in [0, 0.05) is 46.0 Å². The van der Waals surface area contributed by atoms with Gasteiger partial charge in [-0.15, -0.1) is 23.7 Å². The summed E-state index contributed by atoms with van der Waals surface area (Å²) >= 11 is 7.67. The molecule has 6 nitrogen and oxygen atoms in total. The molecule has 2 amide bonds. The molecule has 3 aromatic rings. The number of hydrogen-bond acceptors (Lipinski definition) is 4. The number of carbonyl (C=O) groups is 2. The number of benzene rings is 1. The molecule has 0 saturated heterocycles. The van der Waals surface area contributed by atoms with Gasteiger partial charge in [-0.25, -0.2) is 0 Å². The Morgan fingerprint density at radius 3 is 2.58 bits per heavy atom. The molecular weight excluding hydrogens is 479 g/mol. The van der Waals surface area contributed by atoms with Gasteiger partial charge < -0.3 is 20.5 Å². The van der Waals surface area contributed by atoms with Crippen LogP contribution in [0.4, 0.5) is 0 Å². The van der Waals surface area contributed by atoms with Crippen molar-refractivity contribution in [1.82, 2.24) is 20.5 Å². The summed E-state index contributed by atoms with van der Waals surface area (Å²) in [6, 6.07) is 9.21. The molecule has 0 radical (unpaired) electrons. The number of nitrogens with zero attached hydrogens (tertiary/aromatic N) is 1. The molecule has 33 heavy (non-hydrogen) atoms. The number of H-pyrrole nitrogens is 1. The highest BCUT2D eigenvalue weighted by atomic mass is 35.5. The third kappa shape index (κ3) is 5.22. The number of rotatable bonds is 4. The van der Waals surface area contributed by atoms with E-state index in [4.69, 9.17) is 11.6 Å². The Morgan fingerprint density at radius 1 is 1.09 bits per heavy atom. The van der Waals surface area contributed by atoms with E-state index in [1.807, 2.05) is 24.3 Å². The van der Waals surface area contributed by atoms with Crippen molar-refractivity contribution >= 4 is 58.1 Å². The largest absolute Gasteiger partial charge is 0.351 e. The summed E-state index contributed by atoms with van der Waals surface area (Å²) < 4.78 is 0. The molecule has 0 bridgehead atoms. The first-order valence-electron chi connectivity index (χ1n) is 11.2. The van der Waals surface area contributed by atoms with Gasteiger partial charge in [0.1, 0.15) is 5.69 Å². The van der Waals surface area contributed by atoms with E-state index in [1.54, 1.807) is 17.4 Å². The number of likely N-dealkylation sites (N-methyl/N-ethyl adjacent to an activating group) is 1. The van der Waals surface area contributed by atoms with E-state index in [0.717, 1.165) is 61.0 Å². The number of carbonyl (C=O) groups excluding carboxylic acids is 2. The van der Waals surface area contributed by atoms with Crippen LogP contribution in [-0.2, 0) is 13.0 Å². The molecule has 9 heteroatoms. The molecule has 2 aliphatic rings. The fourth-order valence-electron chi connectivity index (χ4n) is 4.77. The minimum absolute atomic E-state index is 0. The molecule has 3 heterocycles. The van der Waals surface area contributed by atoms with E-state index in [-0.39, 0.29) is 36.3 Å². The zero-order valence-corrected chi connectivity index (χ0v) is 20.8. The molecule has 5 rings (SSSR count). The van der Waals surface area contributed by atoms with Crippen LogP contribution >= 0.6 is 35.3 Å². The molecule has 1 fully saturated rings. The van der Waals surface area contributed by atoms with Crippen LogP contribution in [0.5, 0.6) is 0 Å². The molecule has 1 aliphatic heterocycles. The van der Waals surface area contributed by atoms with Gasteiger partial charge in [0.25, 0.3) is 11.8 Å². The van der Waals surface area contributed by atoms with Gasteiger partial charge in [-0.3, -0.25) is 9.59 Å². The average Bonchev–Trinajstić information content (AvgIpc) is 3.38. The van der Waals surface area contributed by atoms with Crippen LogP contribution < -0.4 is 10.6 Å². The number of halogens is 2. The maximum absolute atomic E-state index is 13.0. The van der Waals surface area contributed by atoms with Crippen molar-refractivity contribution in [2.45, 2.75) is 50.7 Å². The Kier molecular flexibility index (Phi) is 7.34. The quantitative estimate of drug-likeness (QED) is 0.477. The Morgan fingerprint density at radius 2 is 1.82 bits per heavy atom. The van der Waals surface area contributed by atoms with Crippen molar-refractivity contribution in [3.63, 3.8) is 0 Å². The average molecular weight is 507 g/mol. The molecule has 176 valence electrons. The van der Waals surface area contributed by atoms with Crippen LogP contribution in [0.15, 0.2) is 30.3 Å². The SMILES string of the molecule is CN1CCc2sc(C(=O)N[C@H]3CCCC[C@H]3NC(=O)c3cc4cc(Cl)ccc4[nH]3)cc2C1.Cl. The van der Waals surface area contributed by atoms with Gasteiger partial charge >= 0.3 is 0 Å². The van der Waals surface area contributed by atoms with Crippen LogP contribution in [-0.4, -0.2) is 47.4 Å². The summed E-state index contributed by atoms with van der Waals surface area (Å²) in [5.41, 5.74) is 2.65. The smallest absolute Gasteiger partial charge is 0.268 e. The van der Waals surface area contributed by atoms with Gasteiger partial charge in [-0.05, 0) is 62.2 Å². The highest BCUT2D eigenvalue weighted by Crippen LogP contribution is 2.28. The van der Waals surface area contributed by atoms with E-state index >= 15 is 0 Å². The second-order valence-electron chi connectivity index (χ2n) is 8.91. The van der Waals surface area contributed by atoms with Gasteiger partial charge in [-0.2, -0.15) is 0 Å². The first kappa shape index (κ1) is 24.1. The number of nitrogens with one attached hydrogen (secondary N) is 3. The summed E-state index contributed by atoms with van der Waals surface area (Å²) in [7, 11) is 2.11. The van der Waals surface area contributed by atoms with Crippen LogP contribution in [0, 0.1) is 0 Å². The molecule has 0 spiro atoms. The van der Waals surface area contributed by atoms with E-state index in [1.165, 1.54) is 10.4 Å².